The number of hydrogen-bond donors (Lipinski definition) is 2. The Morgan fingerprint density at radius 3 is 2.62 bits per heavy atom. The molecule has 1 aromatic heterocycles. The third kappa shape index (κ3) is 2.95. The molecule has 1 unspecified atom stereocenters. The fraction of sp³-hybridized carbons (Fsp3) is 0.818. The molecule has 0 spiro atoms. The summed E-state index contributed by atoms with van der Waals surface area (Å²) in [6.07, 6.45) is 3.27. The highest BCUT2D eigenvalue weighted by atomic mass is 15.4. The molecule has 0 aromatic carbocycles. The fourth-order valence-electron chi connectivity index (χ4n) is 1.74. The van der Waals surface area contributed by atoms with Crippen molar-refractivity contribution in [2.24, 2.45) is 5.73 Å². The van der Waals surface area contributed by atoms with Crippen LogP contribution in [0.1, 0.15) is 51.9 Å². The Hall–Kier alpha value is -1.10. The molecule has 0 saturated heterocycles. The SMILES string of the molecule is CCCCC(N)c1nnc(NCC)n1CC. The van der Waals surface area contributed by atoms with Crippen molar-refractivity contribution < 1.29 is 0 Å². The molecule has 0 aliphatic rings. The summed E-state index contributed by atoms with van der Waals surface area (Å²) in [7, 11) is 0. The van der Waals surface area contributed by atoms with Gasteiger partial charge in [0.15, 0.2) is 5.82 Å². The Labute approximate surface area is 97.4 Å². The molecule has 0 bridgehead atoms. The van der Waals surface area contributed by atoms with Crippen molar-refractivity contribution in [2.45, 2.75) is 52.6 Å². The second-order valence-corrected chi connectivity index (χ2v) is 3.91. The summed E-state index contributed by atoms with van der Waals surface area (Å²) in [4.78, 5) is 0. The van der Waals surface area contributed by atoms with E-state index in [-0.39, 0.29) is 6.04 Å². The monoisotopic (exact) mass is 225 g/mol. The Morgan fingerprint density at radius 2 is 2.06 bits per heavy atom. The highest BCUT2D eigenvalue weighted by molar-refractivity contribution is 5.26. The van der Waals surface area contributed by atoms with Crippen LogP contribution in [0.2, 0.25) is 0 Å². The van der Waals surface area contributed by atoms with E-state index in [9.17, 15) is 0 Å². The van der Waals surface area contributed by atoms with E-state index in [1.165, 1.54) is 0 Å². The minimum Gasteiger partial charge on any atom is -0.355 e. The van der Waals surface area contributed by atoms with Crippen molar-refractivity contribution >= 4 is 5.95 Å². The van der Waals surface area contributed by atoms with Crippen molar-refractivity contribution in [3.05, 3.63) is 5.82 Å². The summed E-state index contributed by atoms with van der Waals surface area (Å²) in [6.45, 7) is 8.00. The maximum Gasteiger partial charge on any atom is 0.224 e. The van der Waals surface area contributed by atoms with Gasteiger partial charge in [-0.2, -0.15) is 0 Å². The first-order chi connectivity index (χ1) is 7.74. The highest BCUT2D eigenvalue weighted by Gasteiger charge is 2.16. The minimum atomic E-state index is -0.000180. The average molecular weight is 225 g/mol. The van der Waals surface area contributed by atoms with Gasteiger partial charge in [0.1, 0.15) is 0 Å². The predicted octanol–water partition coefficient (Wildman–Crippen LogP) is 1.92. The molecule has 3 N–H and O–H groups in total. The molecule has 0 amide bonds. The van der Waals surface area contributed by atoms with Crippen LogP contribution in [-0.4, -0.2) is 21.3 Å². The summed E-state index contributed by atoms with van der Waals surface area (Å²) >= 11 is 0. The lowest BCUT2D eigenvalue weighted by Gasteiger charge is -2.13. The molecule has 16 heavy (non-hydrogen) atoms. The van der Waals surface area contributed by atoms with Crippen LogP contribution in [0.25, 0.3) is 0 Å². The molecule has 1 aromatic rings. The summed E-state index contributed by atoms with van der Waals surface area (Å²) in [5.74, 6) is 1.72. The molecule has 0 fully saturated rings. The van der Waals surface area contributed by atoms with Gasteiger partial charge in [0.2, 0.25) is 5.95 Å². The molecule has 92 valence electrons. The number of unbranched alkanes of at least 4 members (excludes halogenated alkanes) is 1. The lowest BCUT2D eigenvalue weighted by Crippen LogP contribution is -2.17. The van der Waals surface area contributed by atoms with E-state index in [4.69, 9.17) is 5.73 Å². The number of rotatable bonds is 7. The lowest BCUT2D eigenvalue weighted by molar-refractivity contribution is 0.543. The number of aromatic nitrogens is 3. The van der Waals surface area contributed by atoms with E-state index < -0.39 is 0 Å². The number of hydrogen-bond acceptors (Lipinski definition) is 4. The molecule has 0 radical (unpaired) electrons. The van der Waals surface area contributed by atoms with Gasteiger partial charge < -0.3 is 11.1 Å². The quantitative estimate of drug-likeness (QED) is 0.744. The smallest absolute Gasteiger partial charge is 0.224 e. The standard InChI is InChI=1S/C11H23N5/c1-4-7-8-9(12)10-14-15-11(13-5-2)16(10)6-3/h9H,4-8,12H2,1-3H3,(H,13,15). The molecule has 0 aliphatic heterocycles. The van der Waals surface area contributed by atoms with Crippen molar-refractivity contribution in [2.75, 3.05) is 11.9 Å². The van der Waals surface area contributed by atoms with Gasteiger partial charge in [0.05, 0.1) is 6.04 Å². The Kier molecular flexibility index (Phi) is 5.25. The zero-order valence-electron chi connectivity index (χ0n) is 10.5. The average Bonchev–Trinajstić information content (AvgIpc) is 2.69. The normalized spacial score (nSPS) is 12.8. The number of nitrogens with zero attached hydrogens (tertiary/aromatic N) is 3. The van der Waals surface area contributed by atoms with Gasteiger partial charge in [0.25, 0.3) is 0 Å². The van der Waals surface area contributed by atoms with E-state index in [0.29, 0.717) is 0 Å². The van der Waals surface area contributed by atoms with E-state index in [0.717, 1.165) is 44.1 Å². The van der Waals surface area contributed by atoms with Crippen LogP contribution >= 0.6 is 0 Å². The molecule has 0 aliphatic carbocycles. The van der Waals surface area contributed by atoms with E-state index >= 15 is 0 Å². The van der Waals surface area contributed by atoms with Crippen LogP contribution < -0.4 is 11.1 Å². The third-order valence-electron chi connectivity index (χ3n) is 2.63. The summed E-state index contributed by atoms with van der Waals surface area (Å²) in [6, 6.07) is -0.000180. The third-order valence-corrected chi connectivity index (χ3v) is 2.63. The van der Waals surface area contributed by atoms with E-state index in [1.54, 1.807) is 0 Å². The van der Waals surface area contributed by atoms with Crippen LogP contribution in [0, 0.1) is 0 Å². The number of anilines is 1. The van der Waals surface area contributed by atoms with Crippen molar-refractivity contribution in [1.29, 1.82) is 0 Å². The summed E-state index contributed by atoms with van der Waals surface area (Å²) in [5.41, 5.74) is 6.12. The van der Waals surface area contributed by atoms with Gasteiger partial charge in [-0.05, 0) is 20.3 Å². The Bertz CT molecular complexity index is 307. The van der Waals surface area contributed by atoms with Gasteiger partial charge in [-0.25, -0.2) is 0 Å². The van der Waals surface area contributed by atoms with Gasteiger partial charge in [-0.3, -0.25) is 4.57 Å². The maximum absolute atomic E-state index is 6.12. The molecular weight excluding hydrogens is 202 g/mol. The molecule has 5 heteroatoms. The summed E-state index contributed by atoms with van der Waals surface area (Å²) < 4.78 is 2.06. The van der Waals surface area contributed by atoms with Crippen LogP contribution in [0.5, 0.6) is 0 Å². The van der Waals surface area contributed by atoms with Crippen molar-refractivity contribution in [3.8, 4) is 0 Å². The van der Waals surface area contributed by atoms with Gasteiger partial charge >= 0.3 is 0 Å². The zero-order valence-corrected chi connectivity index (χ0v) is 10.5. The summed E-state index contributed by atoms with van der Waals surface area (Å²) in [5, 5.41) is 11.5. The number of nitrogens with two attached hydrogens (primary N) is 1. The Morgan fingerprint density at radius 1 is 1.31 bits per heavy atom. The number of nitrogens with one attached hydrogen (secondary N) is 1. The van der Waals surface area contributed by atoms with Crippen LogP contribution in [-0.2, 0) is 6.54 Å². The second-order valence-electron chi connectivity index (χ2n) is 3.91. The predicted molar refractivity (Wildman–Crippen MR) is 66.3 cm³/mol. The Balaban J connectivity index is 2.78. The van der Waals surface area contributed by atoms with Crippen LogP contribution in [0.4, 0.5) is 5.95 Å². The lowest BCUT2D eigenvalue weighted by atomic mass is 10.1. The van der Waals surface area contributed by atoms with Gasteiger partial charge in [-0.15, -0.1) is 10.2 Å². The maximum atomic E-state index is 6.12. The fourth-order valence-corrected chi connectivity index (χ4v) is 1.74. The van der Waals surface area contributed by atoms with Gasteiger partial charge in [0, 0.05) is 13.1 Å². The highest BCUT2D eigenvalue weighted by Crippen LogP contribution is 2.18. The first-order valence-corrected chi connectivity index (χ1v) is 6.17. The zero-order chi connectivity index (χ0) is 12.0. The molecule has 1 atom stereocenters. The minimum absolute atomic E-state index is 0.000180. The second kappa shape index (κ2) is 6.48. The van der Waals surface area contributed by atoms with Crippen molar-refractivity contribution in [3.63, 3.8) is 0 Å². The van der Waals surface area contributed by atoms with E-state index in [2.05, 4.69) is 33.9 Å². The van der Waals surface area contributed by atoms with Gasteiger partial charge in [-0.1, -0.05) is 19.8 Å². The van der Waals surface area contributed by atoms with Crippen molar-refractivity contribution in [1.82, 2.24) is 14.8 Å². The molecule has 0 saturated carbocycles. The van der Waals surface area contributed by atoms with Crippen LogP contribution in [0.15, 0.2) is 0 Å². The first-order valence-electron chi connectivity index (χ1n) is 6.17. The van der Waals surface area contributed by atoms with E-state index in [1.807, 2.05) is 6.92 Å². The first kappa shape index (κ1) is 13.0. The largest absolute Gasteiger partial charge is 0.355 e. The molecule has 1 rings (SSSR count). The topological polar surface area (TPSA) is 68.8 Å². The van der Waals surface area contributed by atoms with Crippen LogP contribution in [0.3, 0.4) is 0 Å². The molecular formula is C11H23N5. The molecule has 5 nitrogen and oxygen atoms in total. The molecule has 1 heterocycles.